The van der Waals surface area contributed by atoms with Crippen LogP contribution in [-0.2, 0) is 0 Å². The van der Waals surface area contributed by atoms with E-state index in [0.717, 1.165) is 0 Å². The van der Waals surface area contributed by atoms with Gasteiger partial charge in [0.1, 0.15) is 0 Å². The van der Waals surface area contributed by atoms with Crippen molar-refractivity contribution < 1.29 is 0 Å². The molecule has 3 atom stereocenters. The molecule has 0 spiro atoms. The van der Waals surface area contributed by atoms with Gasteiger partial charge in [0.25, 0.3) is 0 Å². The highest BCUT2D eigenvalue weighted by Gasteiger charge is 2.00. The largest absolute Gasteiger partial charge is 0.346 e. The zero-order valence-corrected chi connectivity index (χ0v) is 28.4. The molecule has 3 aromatic rings. The van der Waals surface area contributed by atoms with Crippen molar-refractivity contribution in [2.45, 2.75) is 140 Å². The maximum Gasteiger partial charge on any atom is 0 e. The summed E-state index contributed by atoms with van der Waals surface area (Å²) in [5, 5.41) is 0. The summed E-state index contributed by atoms with van der Waals surface area (Å²) in [5.74, 6) is 2.13. The minimum atomic E-state index is 0. The lowest BCUT2D eigenvalue weighted by atomic mass is 9.99. The number of benzene rings is 3. The normalized spacial score (nSPS) is 10.8. The molecule has 3 rings (SSSR count). The van der Waals surface area contributed by atoms with Crippen LogP contribution in [0.2, 0.25) is 0 Å². The standard InChI is InChI=1S/3C10H14.C4H10.C3H8.C2H5.CH4.B/c3*1-3-9(2)10-7-5-4-6-8-10;1-3-4-2;1-3-2;1-2;;/h3*4-9H,3H2,1-2H3;3-4H2,1-2H3;3H2,1-2H3;1H2,2H3;1H4;/q;;;;;-1;;. The van der Waals surface area contributed by atoms with Crippen LogP contribution in [0, 0.1) is 6.92 Å². The topological polar surface area (TPSA) is 0 Å². The summed E-state index contributed by atoms with van der Waals surface area (Å²) >= 11 is 0. The van der Waals surface area contributed by atoms with Gasteiger partial charge < -0.3 is 6.92 Å². The van der Waals surface area contributed by atoms with Crippen LogP contribution in [0.5, 0.6) is 0 Å². The van der Waals surface area contributed by atoms with Crippen LogP contribution in [0.15, 0.2) is 91.0 Å². The Kier molecular flexibility index (Phi) is 44.6. The average molecular weight is 561 g/mol. The predicted octanol–water partition coefficient (Wildman–Crippen LogP) is 13.9. The van der Waals surface area contributed by atoms with Gasteiger partial charge in [-0.1, -0.05) is 187 Å². The molecule has 41 heavy (non-hydrogen) atoms. The summed E-state index contributed by atoms with van der Waals surface area (Å²) in [6.07, 6.45) is 7.57. The Labute approximate surface area is 262 Å². The summed E-state index contributed by atoms with van der Waals surface area (Å²) in [7, 11) is 0. The fourth-order valence-corrected chi connectivity index (χ4v) is 3.05. The Bertz CT molecular complexity index is 688. The van der Waals surface area contributed by atoms with Crippen molar-refractivity contribution in [3.8, 4) is 0 Å². The lowest BCUT2D eigenvalue weighted by molar-refractivity contribution is 0.733. The number of hydrogen-bond donors (Lipinski definition) is 0. The van der Waals surface area contributed by atoms with E-state index in [9.17, 15) is 0 Å². The number of rotatable bonds is 7. The maximum absolute atomic E-state index is 3.25. The van der Waals surface area contributed by atoms with E-state index in [2.05, 4.69) is 167 Å². The molecule has 0 fully saturated rings. The van der Waals surface area contributed by atoms with Gasteiger partial charge in [-0.05, 0) is 53.7 Å². The molecular formula is C40H69B-. The van der Waals surface area contributed by atoms with Crippen molar-refractivity contribution in [2.75, 3.05) is 0 Å². The van der Waals surface area contributed by atoms with Crippen LogP contribution in [-0.4, -0.2) is 8.41 Å². The molecule has 233 valence electrons. The molecule has 0 aliphatic rings. The van der Waals surface area contributed by atoms with Crippen LogP contribution in [0.1, 0.15) is 157 Å². The molecule has 1 heteroatoms. The molecular weight excluding hydrogens is 491 g/mol. The summed E-state index contributed by atoms with van der Waals surface area (Å²) < 4.78 is 0. The quantitative estimate of drug-likeness (QED) is 0.199. The minimum absolute atomic E-state index is 0. The average Bonchev–Trinajstić information content (AvgIpc) is 3.03. The van der Waals surface area contributed by atoms with E-state index in [0.29, 0.717) is 17.8 Å². The first-order valence-electron chi connectivity index (χ1n) is 15.7. The van der Waals surface area contributed by atoms with E-state index < -0.39 is 0 Å². The van der Waals surface area contributed by atoms with Crippen molar-refractivity contribution in [2.24, 2.45) is 0 Å². The Morgan fingerprint density at radius 2 is 0.610 bits per heavy atom. The highest BCUT2D eigenvalue weighted by Crippen LogP contribution is 2.18. The molecule has 0 saturated heterocycles. The summed E-state index contributed by atoms with van der Waals surface area (Å²) in [4.78, 5) is 0. The fourth-order valence-electron chi connectivity index (χ4n) is 3.05. The first-order chi connectivity index (χ1) is 18.9. The van der Waals surface area contributed by atoms with E-state index in [1.807, 2.05) is 0 Å². The number of unbranched alkanes of at least 4 members (excludes halogenated alkanes) is 1. The molecule has 0 bridgehead atoms. The van der Waals surface area contributed by atoms with Crippen molar-refractivity contribution in [1.82, 2.24) is 0 Å². The molecule has 0 amide bonds. The highest BCUT2D eigenvalue weighted by molar-refractivity contribution is 5.75. The molecule has 0 aromatic heterocycles. The first-order valence-corrected chi connectivity index (χ1v) is 15.7. The fraction of sp³-hybridized carbons (Fsp3) is 0.525. The van der Waals surface area contributed by atoms with Crippen molar-refractivity contribution in [3.05, 3.63) is 115 Å². The minimum Gasteiger partial charge on any atom is -0.346 e. The third kappa shape index (κ3) is 29.0. The lowest BCUT2D eigenvalue weighted by Crippen LogP contribution is -1.88. The van der Waals surface area contributed by atoms with E-state index in [1.54, 1.807) is 6.92 Å². The van der Waals surface area contributed by atoms with Gasteiger partial charge in [-0.25, -0.2) is 0 Å². The first kappa shape index (κ1) is 48.5. The smallest absolute Gasteiger partial charge is 0 e. The predicted molar refractivity (Wildman–Crippen MR) is 196 cm³/mol. The lowest BCUT2D eigenvalue weighted by Gasteiger charge is -2.06. The molecule has 0 aliphatic carbocycles. The van der Waals surface area contributed by atoms with Gasteiger partial charge in [-0.3, -0.25) is 0 Å². The third-order valence-electron chi connectivity index (χ3n) is 6.44. The van der Waals surface area contributed by atoms with E-state index in [-0.39, 0.29) is 15.8 Å². The molecule has 0 heterocycles. The van der Waals surface area contributed by atoms with Gasteiger partial charge in [0.05, 0.1) is 0 Å². The Morgan fingerprint density at radius 1 is 0.439 bits per heavy atom. The second kappa shape index (κ2) is 37.7. The molecule has 0 saturated carbocycles. The SMILES string of the molecule is C.CCC.CCC(C)c1ccccc1.CCC(C)c1ccccc1.CCC(C)c1ccccc1.CCCC.[B].[CH2-]C. The molecule has 3 aromatic carbocycles. The van der Waals surface area contributed by atoms with Crippen molar-refractivity contribution >= 4 is 8.41 Å². The van der Waals surface area contributed by atoms with E-state index in [4.69, 9.17) is 0 Å². The third-order valence-corrected chi connectivity index (χ3v) is 6.44. The van der Waals surface area contributed by atoms with E-state index in [1.165, 1.54) is 55.2 Å². The second-order valence-corrected chi connectivity index (χ2v) is 9.87. The van der Waals surface area contributed by atoms with Gasteiger partial charge in [-0.2, -0.15) is 6.92 Å². The Balaban J connectivity index is -0.000000135. The molecule has 0 aliphatic heterocycles. The number of hydrogen-bond acceptors (Lipinski definition) is 0. The molecule has 3 radical (unpaired) electrons. The summed E-state index contributed by atoms with van der Waals surface area (Å²) in [5.41, 5.74) is 4.35. The Hall–Kier alpha value is -2.28. The van der Waals surface area contributed by atoms with Gasteiger partial charge in [-0.15, -0.1) is 0 Å². The van der Waals surface area contributed by atoms with E-state index >= 15 is 0 Å². The second-order valence-electron chi connectivity index (χ2n) is 9.87. The van der Waals surface area contributed by atoms with Gasteiger partial charge in [0.15, 0.2) is 0 Å². The van der Waals surface area contributed by atoms with Crippen LogP contribution >= 0.6 is 0 Å². The molecule has 0 N–H and O–H groups in total. The van der Waals surface area contributed by atoms with Crippen LogP contribution in [0.4, 0.5) is 0 Å². The summed E-state index contributed by atoms with van der Waals surface area (Å²) in [6.45, 7) is 27.0. The summed E-state index contributed by atoms with van der Waals surface area (Å²) in [6, 6.07) is 31.9. The monoisotopic (exact) mass is 561 g/mol. The zero-order chi connectivity index (χ0) is 30.3. The van der Waals surface area contributed by atoms with Crippen LogP contribution < -0.4 is 0 Å². The molecule has 0 nitrogen and oxygen atoms in total. The van der Waals surface area contributed by atoms with Gasteiger partial charge in [0.2, 0.25) is 0 Å². The zero-order valence-electron chi connectivity index (χ0n) is 28.4. The van der Waals surface area contributed by atoms with Crippen molar-refractivity contribution in [1.29, 1.82) is 0 Å². The highest BCUT2D eigenvalue weighted by atomic mass is 14.1. The van der Waals surface area contributed by atoms with Crippen molar-refractivity contribution in [3.63, 3.8) is 0 Å². The van der Waals surface area contributed by atoms with Gasteiger partial charge in [0, 0.05) is 8.41 Å². The maximum atomic E-state index is 3.25. The van der Waals surface area contributed by atoms with Crippen LogP contribution in [0.25, 0.3) is 0 Å². The Morgan fingerprint density at radius 3 is 0.732 bits per heavy atom. The molecule has 3 unspecified atom stereocenters. The van der Waals surface area contributed by atoms with Gasteiger partial charge >= 0.3 is 0 Å². The van der Waals surface area contributed by atoms with Crippen LogP contribution in [0.3, 0.4) is 0 Å².